The molecule has 0 saturated carbocycles. The lowest BCUT2D eigenvalue weighted by atomic mass is 10.1. The second kappa shape index (κ2) is 5.97. The summed E-state index contributed by atoms with van der Waals surface area (Å²) < 4.78 is 0. The molecule has 18 heavy (non-hydrogen) atoms. The van der Waals surface area contributed by atoms with Gasteiger partial charge in [-0.1, -0.05) is 0 Å². The van der Waals surface area contributed by atoms with Gasteiger partial charge in [0.2, 0.25) is 0 Å². The van der Waals surface area contributed by atoms with Crippen LogP contribution >= 0.6 is 0 Å². The highest BCUT2D eigenvalue weighted by Gasteiger charge is 2.18. The molecule has 0 fully saturated rings. The van der Waals surface area contributed by atoms with Crippen LogP contribution in [0.4, 0.5) is 11.4 Å². The van der Waals surface area contributed by atoms with Crippen molar-refractivity contribution in [2.45, 2.75) is 13.8 Å². The van der Waals surface area contributed by atoms with Crippen LogP contribution in [0.1, 0.15) is 24.2 Å². The summed E-state index contributed by atoms with van der Waals surface area (Å²) in [6.45, 7) is 5.27. The van der Waals surface area contributed by atoms with E-state index in [9.17, 15) is 14.9 Å². The smallest absolute Gasteiger partial charge is 0.270 e. The Balaban J connectivity index is 3.33. The molecule has 0 atom stereocenters. The van der Waals surface area contributed by atoms with Gasteiger partial charge in [0.25, 0.3) is 11.6 Å². The first-order chi connectivity index (χ1) is 8.54. The van der Waals surface area contributed by atoms with Crippen LogP contribution in [0.25, 0.3) is 0 Å². The molecule has 0 bridgehead atoms. The summed E-state index contributed by atoms with van der Waals surface area (Å²) in [5, 5.41) is 10.7. The van der Waals surface area contributed by atoms with Gasteiger partial charge in [-0.3, -0.25) is 20.3 Å². The molecule has 0 unspecified atom stereocenters. The number of nitrogens with two attached hydrogens (primary N) is 1. The van der Waals surface area contributed by atoms with E-state index in [1.807, 2.05) is 24.2 Å². The summed E-state index contributed by atoms with van der Waals surface area (Å²) in [6.07, 6.45) is 0. The highest BCUT2D eigenvalue weighted by molar-refractivity contribution is 6.00. The fourth-order valence-electron chi connectivity index (χ4n) is 1.74. The number of benzene rings is 1. The van der Waals surface area contributed by atoms with E-state index >= 15 is 0 Å². The van der Waals surface area contributed by atoms with Gasteiger partial charge >= 0.3 is 0 Å². The minimum atomic E-state index is -0.542. The number of anilines is 1. The summed E-state index contributed by atoms with van der Waals surface area (Å²) in [4.78, 5) is 23.8. The molecular formula is C11H16N4O3. The van der Waals surface area contributed by atoms with E-state index in [0.29, 0.717) is 18.8 Å². The Hall–Kier alpha value is -2.15. The number of carbonyl (C=O) groups is 1. The number of nitrogen functional groups attached to an aromatic ring is 1. The molecule has 0 spiro atoms. The van der Waals surface area contributed by atoms with Gasteiger partial charge in [0.1, 0.15) is 0 Å². The summed E-state index contributed by atoms with van der Waals surface area (Å²) in [6, 6.07) is 4.17. The second-order valence-electron chi connectivity index (χ2n) is 3.60. The van der Waals surface area contributed by atoms with Gasteiger partial charge in [0.15, 0.2) is 0 Å². The third-order valence-corrected chi connectivity index (χ3v) is 2.67. The van der Waals surface area contributed by atoms with Gasteiger partial charge in [-0.15, -0.1) is 0 Å². The van der Waals surface area contributed by atoms with Crippen molar-refractivity contribution in [2.24, 2.45) is 5.84 Å². The normalized spacial score (nSPS) is 9.94. The highest BCUT2D eigenvalue weighted by Crippen LogP contribution is 2.25. The maximum Gasteiger partial charge on any atom is 0.270 e. The predicted octanol–water partition coefficient (Wildman–Crippen LogP) is 1.04. The average molecular weight is 252 g/mol. The summed E-state index contributed by atoms with van der Waals surface area (Å²) in [5.74, 6) is 4.55. The van der Waals surface area contributed by atoms with Crippen molar-refractivity contribution in [3.8, 4) is 0 Å². The van der Waals surface area contributed by atoms with Crippen LogP contribution in [0.15, 0.2) is 18.2 Å². The van der Waals surface area contributed by atoms with Crippen molar-refractivity contribution < 1.29 is 9.72 Å². The standard InChI is InChI=1S/C11H16N4O3/c1-3-14(4-2)10-6-5-8(15(17)18)7-9(10)11(16)13-12/h5-7H,3-4,12H2,1-2H3,(H,13,16). The van der Waals surface area contributed by atoms with Gasteiger partial charge in [-0.05, 0) is 19.9 Å². The summed E-state index contributed by atoms with van der Waals surface area (Å²) in [5.41, 5.74) is 2.70. The van der Waals surface area contributed by atoms with E-state index in [4.69, 9.17) is 5.84 Å². The molecule has 0 aliphatic heterocycles. The van der Waals surface area contributed by atoms with Crippen molar-refractivity contribution >= 4 is 17.3 Å². The van der Waals surface area contributed by atoms with Crippen molar-refractivity contribution in [2.75, 3.05) is 18.0 Å². The van der Waals surface area contributed by atoms with Crippen molar-refractivity contribution in [1.82, 2.24) is 5.43 Å². The number of hydrazine groups is 1. The molecule has 1 rings (SSSR count). The number of carbonyl (C=O) groups excluding carboxylic acids is 1. The lowest BCUT2D eigenvalue weighted by Crippen LogP contribution is -2.32. The number of nitrogens with zero attached hydrogens (tertiary/aromatic N) is 2. The van der Waals surface area contributed by atoms with Gasteiger partial charge in [0.05, 0.1) is 16.2 Å². The number of nitro benzene ring substituents is 1. The third-order valence-electron chi connectivity index (χ3n) is 2.67. The van der Waals surface area contributed by atoms with Gasteiger partial charge in [-0.25, -0.2) is 5.84 Å². The number of nitrogens with one attached hydrogen (secondary N) is 1. The van der Waals surface area contributed by atoms with Gasteiger partial charge in [0, 0.05) is 25.2 Å². The first-order valence-corrected chi connectivity index (χ1v) is 5.59. The topological polar surface area (TPSA) is 101 Å². The molecule has 0 aliphatic carbocycles. The fraction of sp³-hybridized carbons (Fsp3) is 0.364. The molecule has 7 nitrogen and oxygen atoms in total. The third kappa shape index (κ3) is 2.75. The first kappa shape index (κ1) is 13.9. The molecule has 0 aliphatic rings. The monoisotopic (exact) mass is 252 g/mol. The lowest BCUT2D eigenvalue weighted by Gasteiger charge is -2.23. The van der Waals surface area contributed by atoms with Crippen LogP contribution in [0.5, 0.6) is 0 Å². The Labute approximate surface area is 105 Å². The van der Waals surface area contributed by atoms with Gasteiger partial charge < -0.3 is 4.90 Å². The Bertz CT molecular complexity index is 458. The molecule has 0 aromatic heterocycles. The average Bonchev–Trinajstić information content (AvgIpc) is 2.39. The van der Waals surface area contributed by atoms with Crippen LogP contribution in [0.3, 0.4) is 0 Å². The van der Waals surface area contributed by atoms with Crippen LogP contribution in [0.2, 0.25) is 0 Å². The fourth-order valence-corrected chi connectivity index (χ4v) is 1.74. The van der Waals surface area contributed by atoms with E-state index in [-0.39, 0.29) is 11.3 Å². The zero-order chi connectivity index (χ0) is 13.7. The van der Waals surface area contributed by atoms with E-state index < -0.39 is 10.8 Å². The summed E-state index contributed by atoms with van der Waals surface area (Å²) in [7, 11) is 0. The number of hydrogen-bond donors (Lipinski definition) is 2. The Morgan fingerprint density at radius 2 is 2.06 bits per heavy atom. The highest BCUT2D eigenvalue weighted by atomic mass is 16.6. The molecule has 98 valence electrons. The molecule has 7 heteroatoms. The SMILES string of the molecule is CCN(CC)c1ccc([N+](=O)[O-])cc1C(=O)NN. The predicted molar refractivity (Wildman–Crippen MR) is 68.3 cm³/mol. The molecule has 3 N–H and O–H groups in total. The van der Waals surface area contributed by atoms with E-state index in [1.54, 1.807) is 6.07 Å². The molecule has 1 aromatic rings. The Morgan fingerprint density at radius 1 is 1.44 bits per heavy atom. The number of hydrogen-bond acceptors (Lipinski definition) is 5. The number of amides is 1. The van der Waals surface area contributed by atoms with Crippen LogP contribution in [-0.4, -0.2) is 23.9 Å². The molecule has 1 amide bonds. The molecule has 1 aromatic carbocycles. The van der Waals surface area contributed by atoms with E-state index in [0.717, 1.165) is 0 Å². The molecular weight excluding hydrogens is 236 g/mol. The van der Waals surface area contributed by atoms with E-state index in [2.05, 4.69) is 0 Å². The number of non-ortho nitro benzene ring substituents is 1. The zero-order valence-electron chi connectivity index (χ0n) is 10.3. The maximum absolute atomic E-state index is 11.7. The molecule has 0 heterocycles. The largest absolute Gasteiger partial charge is 0.371 e. The maximum atomic E-state index is 11.7. The molecule has 0 saturated heterocycles. The Morgan fingerprint density at radius 3 is 2.50 bits per heavy atom. The Kier molecular flexibility index (Phi) is 4.61. The summed E-state index contributed by atoms with van der Waals surface area (Å²) >= 11 is 0. The van der Waals surface area contributed by atoms with Crippen molar-refractivity contribution in [3.05, 3.63) is 33.9 Å². The minimum absolute atomic E-state index is 0.135. The van der Waals surface area contributed by atoms with Gasteiger partial charge in [-0.2, -0.15) is 0 Å². The van der Waals surface area contributed by atoms with Crippen molar-refractivity contribution in [3.63, 3.8) is 0 Å². The minimum Gasteiger partial charge on any atom is -0.371 e. The molecule has 0 radical (unpaired) electrons. The first-order valence-electron chi connectivity index (χ1n) is 5.59. The van der Waals surface area contributed by atoms with Crippen LogP contribution in [-0.2, 0) is 0 Å². The van der Waals surface area contributed by atoms with Crippen LogP contribution < -0.4 is 16.2 Å². The zero-order valence-corrected chi connectivity index (χ0v) is 10.3. The number of nitro groups is 1. The quantitative estimate of drug-likeness (QED) is 0.353. The van der Waals surface area contributed by atoms with Crippen LogP contribution in [0, 0.1) is 10.1 Å². The number of rotatable bonds is 5. The second-order valence-corrected chi connectivity index (χ2v) is 3.60. The van der Waals surface area contributed by atoms with Crippen molar-refractivity contribution in [1.29, 1.82) is 0 Å². The van der Waals surface area contributed by atoms with E-state index in [1.165, 1.54) is 12.1 Å². The lowest BCUT2D eigenvalue weighted by molar-refractivity contribution is -0.384.